The molecule has 0 radical (unpaired) electrons. The van der Waals surface area contributed by atoms with Gasteiger partial charge in [0.15, 0.2) is 0 Å². The van der Waals surface area contributed by atoms with Crippen molar-refractivity contribution in [3.63, 3.8) is 0 Å². The van der Waals surface area contributed by atoms with Crippen LogP contribution >= 0.6 is 0 Å². The molecule has 0 aliphatic carbocycles. The Morgan fingerprint density at radius 3 is 2.88 bits per heavy atom. The minimum Gasteiger partial charge on any atom is -0.394 e. The van der Waals surface area contributed by atoms with E-state index in [4.69, 9.17) is 4.74 Å². The van der Waals surface area contributed by atoms with Gasteiger partial charge < -0.3 is 14.7 Å². The van der Waals surface area contributed by atoms with Gasteiger partial charge in [0.05, 0.1) is 37.3 Å². The fourth-order valence-electron chi connectivity index (χ4n) is 4.20. The third-order valence-electron chi connectivity index (χ3n) is 6.33. The Balaban J connectivity index is 1.78. The first kappa shape index (κ1) is 24.4. The summed E-state index contributed by atoms with van der Waals surface area (Å²) in [5.74, 6) is 0.156. The molecule has 1 aromatic heterocycles. The van der Waals surface area contributed by atoms with E-state index in [9.17, 15) is 9.90 Å². The average Bonchev–Trinajstić information content (AvgIpc) is 3.22. The van der Waals surface area contributed by atoms with Gasteiger partial charge >= 0.3 is 0 Å². The van der Waals surface area contributed by atoms with Crippen LogP contribution in [0.1, 0.15) is 43.5 Å². The molecule has 2 aromatic rings. The number of hydrogen-bond donors (Lipinski definition) is 1. The van der Waals surface area contributed by atoms with Crippen molar-refractivity contribution in [1.82, 2.24) is 24.8 Å². The summed E-state index contributed by atoms with van der Waals surface area (Å²) in [5, 5.41) is 17.9. The molecule has 1 aliphatic heterocycles. The van der Waals surface area contributed by atoms with E-state index in [0.29, 0.717) is 32.5 Å². The fourth-order valence-corrected chi connectivity index (χ4v) is 4.20. The van der Waals surface area contributed by atoms with Crippen molar-refractivity contribution in [3.8, 4) is 0 Å². The number of fused-ring (bicyclic) bond motifs is 1. The normalized spacial score (nSPS) is 21.7. The van der Waals surface area contributed by atoms with Crippen LogP contribution in [-0.4, -0.2) is 74.7 Å². The third kappa shape index (κ3) is 6.37. The number of aromatic nitrogens is 3. The zero-order chi connectivity index (χ0) is 23.1. The number of carbonyl (C=O) groups excluding carboxylic acids is 1. The van der Waals surface area contributed by atoms with Crippen LogP contribution in [0, 0.1) is 12.8 Å². The molecule has 3 atom stereocenters. The maximum atomic E-state index is 13.0. The molecule has 0 unspecified atom stereocenters. The fraction of sp³-hybridized carbons (Fsp3) is 0.625. The molecular formula is C24H37N5O3. The van der Waals surface area contributed by atoms with Crippen LogP contribution < -0.4 is 0 Å². The number of likely N-dealkylation sites (N-methyl/N-ethyl adjacent to an activating group) is 1. The van der Waals surface area contributed by atoms with Crippen LogP contribution in [0.25, 0.3) is 0 Å². The van der Waals surface area contributed by atoms with E-state index in [1.807, 2.05) is 16.5 Å². The van der Waals surface area contributed by atoms with Gasteiger partial charge in [-0.05, 0) is 38.4 Å². The van der Waals surface area contributed by atoms with Gasteiger partial charge in [0, 0.05) is 38.5 Å². The molecule has 2 heterocycles. The number of benzene rings is 1. The number of aliphatic hydroxyl groups is 1. The predicted molar refractivity (Wildman–Crippen MR) is 123 cm³/mol. The molecular weight excluding hydrogens is 406 g/mol. The molecule has 176 valence electrons. The summed E-state index contributed by atoms with van der Waals surface area (Å²) in [6.07, 6.45) is 2.76. The summed E-state index contributed by atoms with van der Waals surface area (Å²) in [5.41, 5.74) is 3.50. The monoisotopic (exact) mass is 443 g/mol. The molecule has 0 saturated heterocycles. The first-order chi connectivity index (χ1) is 15.4. The maximum Gasteiger partial charge on any atom is 0.222 e. The van der Waals surface area contributed by atoms with Crippen LogP contribution in [0.15, 0.2) is 30.5 Å². The molecule has 1 aromatic carbocycles. The molecule has 3 rings (SSSR count). The van der Waals surface area contributed by atoms with Gasteiger partial charge in [0.25, 0.3) is 0 Å². The van der Waals surface area contributed by atoms with Gasteiger partial charge in [-0.3, -0.25) is 9.69 Å². The Kier molecular flexibility index (Phi) is 8.78. The van der Waals surface area contributed by atoms with E-state index in [2.05, 4.69) is 60.4 Å². The summed E-state index contributed by atoms with van der Waals surface area (Å²) in [6.45, 7) is 9.27. The number of rotatable bonds is 6. The molecule has 0 saturated carbocycles. The average molecular weight is 444 g/mol. The Labute approximate surface area is 191 Å². The number of hydrogen-bond acceptors (Lipinski definition) is 6. The second kappa shape index (κ2) is 11.5. The SMILES string of the molecule is Cc1ccccc1CN(C)C[C@@H]1OCc2cnnn2CCCC(=O)N([C@H](C)CO)C[C@@H]1C. The lowest BCUT2D eigenvalue weighted by molar-refractivity contribution is -0.136. The number of aliphatic hydroxyl groups excluding tert-OH is 1. The number of ether oxygens (including phenoxy) is 1. The highest BCUT2D eigenvalue weighted by Crippen LogP contribution is 2.19. The standard InChI is InChI=1S/C24H37N5O3/c1-18-8-5-6-9-21(18)14-27(4)15-23-19(2)13-28(20(3)16-30)24(31)10-7-11-29-22(17-32-23)12-25-26-29/h5-6,8-9,12,19-20,23,30H,7,10-11,13-17H2,1-4H3/t19-,20+,23-/m0/s1. The first-order valence-electron chi connectivity index (χ1n) is 11.5. The summed E-state index contributed by atoms with van der Waals surface area (Å²) < 4.78 is 8.23. The number of amides is 1. The van der Waals surface area contributed by atoms with Crippen molar-refractivity contribution in [2.45, 2.75) is 65.5 Å². The summed E-state index contributed by atoms with van der Waals surface area (Å²) in [6, 6.07) is 8.19. The van der Waals surface area contributed by atoms with Crippen molar-refractivity contribution in [1.29, 1.82) is 0 Å². The minimum atomic E-state index is -0.222. The zero-order valence-electron chi connectivity index (χ0n) is 19.8. The van der Waals surface area contributed by atoms with Crippen LogP contribution in [0.2, 0.25) is 0 Å². The van der Waals surface area contributed by atoms with E-state index in [1.54, 1.807) is 6.20 Å². The molecule has 32 heavy (non-hydrogen) atoms. The van der Waals surface area contributed by atoms with Crippen LogP contribution in [0.5, 0.6) is 0 Å². The lowest BCUT2D eigenvalue weighted by Crippen LogP contribution is -2.47. The Hall–Kier alpha value is -2.29. The van der Waals surface area contributed by atoms with Crippen molar-refractivity contribution in [3.05, 3.63) is 47.3 Å². The highest BCUT2D eigenvalue weighted by Gasteiger charge is 2.28. The molecule has 8 nitrogen and oxygen atoms in total. The quantitative estimate of drug-likeness (QED) is 0.737. The van der Waals surface area contributed by atoms with Gasteiger partial charge in [-0.15, -0.1) is 5.10 Å². The molecule has 0 bridgehead atoms. The summed E-state index contributed by atoms with van der Waals surface area (Å²) >= 11 is 0. The van der Waals surface area contributed by atoms with E-state index in [1.165, 1.54) is 11.1 Å². The summed E-state index contributed by atoms with van der Waals surface area (Å²) in [7, 11) is 2.10. The van der Waals surface area contributed by atoms with Crippen molar-refractivity contribution >= 4 is 5.91 Å². The molecule has 1 aliphatic rings. The molecule has 1 N–H and O–H groups in total. The molecule has 0 fully saturated rings. The first-order valence-corrected chi connectivity index (χ1v) is 11.5. The maximum absolute atomic E-state index is 13.0. The summed E-state index contributed by atoms with van der Waals surface area (Å²) in [4.78, 5) is 17.0. The smallest absolute Gasteiger partial charge is 0.222 e. The zero-order valence-corrected chi connectivity index (χ0v) is 19.8. The second-order valence-electron chi connectivity index (χ2n) is 9.08. The van der Waals surface area contributed by atoms with E-state index < -0.39 is 0 Å². The Morgan fingerprint density at radius 1 is 1.34 bits per heavy atom. The third-order valence-corrected chi connectivity index (χ3v) is 6.33. The van der Waals surface area contributed by atoms with Gasteiger partial charge in [0.1, 0.15) is 0 Å². The van der Waals surface area contributed by atoms with Gasteiger partial charge in [-0.25, -0.2) is 4.68 Å². The highest BCUT2D eigenvalue weighted by molar-refractivity contribution is 5.76. The van der Waals surface area contributed by atoms with Crippen LogP contribution in [0.4, 0.5) is 0 Å². The number of nitrogens with zero attached hydrogens (tertiary/aromatic N) is 5. The van der Waals surface area contributed by atoms with Gasteiger partial charge in [0.2, 0.25) is 5.91 Å². The number of aryl methyl sites for hydroxylation is 2. The van der Waals surface area contributed by atoms with Crippen molar-refractivity contribution < 1.29 is 14.6 Å². The minimum absolute atomic E-state index is 0.0512. The van der Waals surface area contributed by atoms with Crippen LogP contribution in [-0.2, 0) is 29.2 Å². The largest absolute Gasteiger partial charge is 0.394 e. The lowest BCUT2D eigenvalue weighted by Gasteiger charge is -2.35. The molecule has 8 heteroatoms. The van der Waals surface area contributed by atoms with Crippen molar-refractivity contribution in [2.75, 3.05) is 26.7 Å². The second-order valence-corrected chi connectivity index (χ2v) is 9.08. The predicted octanol–water partition coefficient (Wildman–Crippen LogP) is 2.24. The van der Waals surface area contributed by atoms with Gasteiger partial charge in [-0.2, -0.15) is 0 Å². The Morgan fingerprint density at radius 2 is 2.12 bits per heavy atom. The molecule has 1 amide bonds. The topological polar surface area (TPSA) is 83.7 Å². The highest BCUT2D eigenvalue weighted by atomic mass is 16.5. The number of carbonyl (C=O) groups is 1. The van der Waals surface area contributed by atoms with E-state index in [0.717, 1.165) is 18.8 Å². The van der Waals surface area contributed by atoms with Crippen LogP contribution in [0.3, 0.4) is 0 Å². The van der Waals surface area contributed by atoms with E-state index >= 15 is 0 Å². The lowest BCUT2D eigenvalue weighted by atomic mass is 10.0. The van der Waals surface area contributed by atoms with E-state index in [-0.39, 0.29) is 30.6 Å². The Bertz CT molecular complexity index is 871. The molecule has 0 spiro atoms. The van der Waals surface area contributed by atoms with Gasteiger partial charge in [-0.1, -0.05) is 36.4 Å². The van der Waals surface area contributed by atoms with Crippen molar-refractivity contribution in [2.24, 2.45) is 5.92 Å².